The van der Waals surface area contributed by atoms with Gasteiger partial charge in [0.25, 0.3) is 5.91 Å². The first-order valence-corrected chi connectivity index (χ1v) is 5.00. The van der Waals surface area contributed by atoms with Gasteiger partial charge in [-0.25, -0.2) is 0 Å². The highest BCUT2D eigenvalue weighted by Crippen LogP contribution is 2.18. The van der Waals surface area contributed by atoms with E-state index in [1.807, 2.05) is 0 Å². The number of rotatable bonds is 3. The van der Waals surface area contributed by atoms with Crippen molar-refractivity contribution >= 4 is 17.7 Å². The monoisotopic (exact) mass is 213 g/mol. The molecule has 1 saturated heterocycles. The lowest BCUT2D eigenvalue weighted by molar-refractivity contribution is -0.151. The van der Waals surface area contributed by atoms with Crippen LogP contribution in [0.2, 0.25) is 0 Å². The lowest BCUT2D eigenvalue weighted by Gasteiger charge is -2.19. The summed E-state index contributed by atoms with van der Waals surface area (Å²) < 4.78 is 4.73. The van der Waals surface area contributed by atoms with Crippen molar-refractivity contribution in [2.75, 3.05) is 13.2 Å². The fourth-order valence-corrected chi connectivity index (χ4v) is 1.52. The minimum atomic E-state index is -0.931. The molecule has 1 aliphatic rings. The van der Waals surface area contributed by atoms with E-state index in [4.69, 9.17) is 4.74 Å². The Morgan fingerprint density at radius 3 is 2.53 bits per heavy atom. The molecule has 5 nitrogen and oxygen atoms in total. The molecule has 0 spiro atoms. The first kappa shape index (κ1) is 11.7. The van der Waals surface area contributed by atoms with E-state index in [0.29, 0.717) is 0 Å². The van der Waals surface area contributed by atoms with Crippen molar-refractivity contribution in [3.8, 4) is 0 Å². The molecule has 1 atom stereocenters. The highest BCUT2D eigenvalue weighted by Gasteiger charge is 2.44. The Balaban J connectivity index is 2.75. The topological polar surface area (TPSA) is 63.7 Å². The van der Waals surface area contributed by atoms with Gasteiger partial charge in [0.1, 0.15) is 5.92 Å². The molecule has 0 aromatic carbocycles. The quantitative estimate of drug-likeness (QED) is 0.375. The molecule has 0 bridgehead atoms. The normalized spacial score (nSPS) is 21.3. The van der Waals surface area contributed by atoms with Crippen LogP contribution in [0.15, 0.2) is 0 Å². The van der Waals surface area contributed by atoms with Crippen molar-refractivity contribution in [2.45, 2.75) is 26.8 Å². The maximum atomic E-state index is 11.4. The third-order valence-electron chi connectivity index (χ3n) is 2.36. The molecule has 15 heavy (non-hydrogen) atoms. The van der Waals surface area contributed by atoms with E-state index in [9.17, 15) is 14.4 Å². The Morgan fingerprint density at radius 2 is 2.13 bits per heavy atom. The molecule has 1 aliphatic heterocycles. The fourth-order valence-electron chi connectivity index (χ4n) is 1.52. The second kappa shape index (κ2) is 4.42. The van der Waals surface area contributed by atoms with Gasteiger partial charge in [0.15, 0.2) is 0 Å². The van der Waals surface area contributed by atoms with Gasteiger partial charge in [0.2, 0.25) is 5.78 Å². The largest absolute Gasteiger partial charge is 0.465 e. The smallest absolute Gasteiger partial charge is 0.318 e. The molecule has 0 N–H and O–H groups in total. The number of nitrogens with zero attached hydrogens (tertiary/aromatic N) is 1. The van der Waals surface area contributed by atoms with Gasteiger partial charge < -0.3 is 9.64 Å². The molecular weight excluding hydrogens is 198 g/mol. The van der Waals surface area contributed by atoms with Crippen LogP contribution in [0, 0.1) is 5.92 Å². The average Bonchev–Trinajstić information content (AvgIpc) is 2.45. The molecule has 0 radical (unpaired) electrons. The summed E-state index contributed by atoms with van der Waals surface area (Å²) in [5.74, 6) is -2.76. The standard InChI is InChI=1S/C10H15NO4/c1-4-15-10(14)7-5-11(6(2)3)9(13)8(7)12/h6-7H,4-5H2,1-3H3. The Hall–Kier alpha value is -1.39. The number of hydrogen-bond donors (Lipinski definition) is 0. The van der Waals surface area contributed by atoms with Gasteiger partial charge in [-0.05, 0) is 20.8 Å². The van der Waals surface area contributed by atoms with E-state index in [0.717, 1.165) is 0 Å². The summed E-state index contributed by atoms with van der Waals surface area (Å²) in [6.07, 6.45) is 0. The molecule has 0 aromatic rings. The molecule has 1 rings (SSSR count). The number of ketones is 1. The van der Waals surface area contributed by atoms with Crippen LogP contribution in [0.4, 0.5) is 0 Å². The predicted octanol–water partition coefficient (Wildman–Crippen LogP) is -0.0146. The lowest BCUT2D eigenvalue weighted by atomic mass is 10.1. The van der Waals surface area contributed by atoms with Gasteiger partial charge in [0.05, 0.1) is 6.61 Å². The number of amides is 1. The third kappa shape index (κ3) is 2.16. The zero-order chi connectivity index (χ0) is 11.6. The van der Waals surface area contributed by atoms with E-state index in [1.165, 1.54) is 4.90 Å². The van der Waals surface area contributed by atoms with Crippen molar-refractivity contribution < 1.29 is 19.1 Å². The number of ether oxygens (including phenoxy) is 1. The highest BCUT2D eigenvalue weighted by molar-refractivity contribution is 6.42. The summed E-state index contributed by atoms with van der Waals surface area (Å²) >= 11 is 0. The van der Waals surface area contributed by atoms with Crippen LogP contribution >= 0.6 is 0 Å². The van der Waals surface area contributed by atoms with E-state index in [2.05, 4.69) is 0 Å². The molecular formula is C10H15NO4. The third-order valence-corrected chi connectivity index (χ3v) is 2.36. The maximum absolute atomic E-state index is 11.4. The number of carbonyl (C=O) groups is 3. The van der Waals surface area contributed by atoms with Crippen molar-refractivity contribution in [3.05, 3.63) is 0 Å². The highest BCUT2D eigenvalue weighted by atomic mass is 16.5. The van der Waals surface area contributed by atoms with E-state index < -0.39 is 23.6 Å². The summed E-state index contributed by atoms with van der Waals surface area (Å²) in [5.41, 5.74) is 0. The van der Waals surface area contributed by atoms with E-state index >= 15 is 0 Å². The summed E-state index contributed by atoms with van der Waals surface area (Å²) in [7, 11) is 0. The van der Waals surface area contributed by atoms with Crippen molar-refractivity contribution in [2.24, 2.45) is 5.92 Å². The van der Waals surface area contributed by atoms with E-state index in [-0.39, 0.29) is 19.2 Å². The minimum absolute atomic E-state index is 0.0686. The lowest BCUT2D eigenvalue weighted by Crippen LogP contribution is -2.33. The predicted molar refractivity (Wildman–Crippen MR) is 52.0 cm³/mol. The van der Waals surface area contributed by atoms with Crippen LogP contribution in [-0.2, 0) is 19.1 Å². The van der Waals surface area contributed by atoms with Gasteiger partial charge in [-0.3, -0.25) is 14.4 Å². The first-order valence-electron chi connectivity index (χ1n) is 5.00. The zero-order valence-electron chi connectivity index (χ0n) is 9.15. The van der Waals surface area contributed by atoms with Crippen LogP contribution in [0.1, 0.15) is 20.8 Å². The molecule has 1 fully saturated rings. The number of carbonyl (C=O) groups excluding carboxylic acids is 3. The Kier molecular flexibility index (Phi) is 3.44. The van der Waals surface area contributed by atoms with Crippen LogP contribution in [0.25, 0.3) is 0 Å². The van der Waals surface area contributed by atoms with Crippen LogP contribution in [-0.4, -0.2) is 41.8 Å². The number of hydrogen-bond acceptors (Lipinski definition) is 4. The summed E-state index contributed by atoms with van der Waals surface area (Å²) in [5, 5.41) is 0. The van der Waals surface area contributed by atoms with Crippen molar-refractivity contribution in [1.82, 2.24) is 4.90 Å². The number of likely N-dealkylation sites (tertiary alicyclic amines) is 1. The average molecular weight is 213 g/mol. The van der Waals surface area contributed by atoms with Gasteiger partial charge in [-0.15, -0.1) is 0 Å². The summed E-state index contributed by atoms with van der Waals surface area (Å²) in [4.78, 5) is 35.6. The first-order chi connectivity index (χ1) is 6.99. The molecule has 1 amide bonds. The summed E-state index contributed by atoms with van der Waals surface area (Å²) in [6.45, 7) is 5.64. The van der Waals surface area contributed by atoms with Crippen LogP contribution in [0.5, 0.6) is 0 Å². The van der Waals surface area contributed by atoms with Crippen molar-refractivity contribution in [1.29, 1.82) is 0 Å². The summed E-state index contributed by atoms with van der Waals surface area (Å²) in [6, 6.07) is -0.0686. The van der Waals surface area contributed by atoms with Gasteiger partial charge >= 0.3 is 5.97 Å². The van der Waals surface area contributed by atoms with Gasteiger partial charge in [0, 0.05) is 12.6 Å². The second-order valence-electron chi connectivity index (χ2n) is 3.72. The van der Waals surface area contributed by atoms with Crippen LogP contribution < -0.4 is 0 Å². The van der Waals surface area contributed by atoms with Crippen LogP contribution in [0.3, 0.4) is 0 Å². The molecule has 5 heteroatoms. The minimum Gasteiger partial charge on any atom is -0.465 e. The molecule has 0 aromatic heterocycles. The number of esters is 1. The molecule has 0 aliphatic carbocycles. The molecule has 84 valence electrons. The van der Waals surface area contributed by atoms with Crippen molar-refractivity contribution in [3.63, 3.8) is 0 Å². The zero-order valence-corrected chi connectivity index (χ0v) is 9.15. The SMILES string of the molecule is CCOC(=O)C1CN(C(C)C)C(=O)C1=O. The molecule has 1 heterocycles. The molecule has 0 saturated carbocycles. The van der Waals surface area contributed by atoms with Gasteiger partial charge in [-0.2, -0.15) is 0 Å². The fraction of sp³-hybridized carbons (Fsp3) is 0.700. The second-order valence-corrected chi connectivity index (χ2v) is 3.72. The Labute approximate surface area is 88.4 Å². The van der Waals surface area contributed by atoms with Gasteiger partial charge in [-0.1, -0.05) is 0 Å². The Bertz CT molecular complexity index is 298. The molecule has 1 unspecified atom stereocenters. The van der Waals surface area contributed by atoms with E-state index in [1.54, 1.807) is 20.8 Å². The number of Topliss-reactive ketones (excluding diaryl/α,β-unsaturated/α-hetero) is 1. The maximum Gasteiger partial charge on any atom is 0.318 e. The Morgan fingerprint density at radius 1 is 1.53 bits per heavy atom.